The number of sulfonamides is 1. The quantitative estimate of drug-likeness (QED) is 0.576. The summed E-state index contributed by atoms with van der Waals surface area (Å²) >= 11 is 0. The number of ether oxygens (including phenoxy) is 1. The van der Waals surface area contributed by atoms with Gasteiger partial charge in [0.1, 0.15) is 16.7 Å². The van der Waals surface area contributed by atoms with E-state index in [1.807, 2.05) is 32.3 Å². The molecule has 0 bridgehead atoms. The first-order chi connectivity index (χ1) is 17.8. The molecule has 1 aliphatic heterocycles. The zero-order chi connectivity index (χ0) is 26.4. The first kappa shape index (κ1) is 27.6. The third kappa shape index (κ3) is 6.91. The third-order valence-electron chi connectivity index (χ3n) is 7.36. The van der Waals surface area contributed by atoms with Crippen molar-refractivity contribution >= 4 is 10.0 Å². The molecule has 1 aromatic heterocycles. The third-order valence-corrected chi connectivity index (χ3v) is 9.38. The zero-order valence-electron chi connectivity index (χ0n) is 22.1. The largest absolute Gasteiger partial charge is 0.487 e. The van der Waals surface area contributed by atoms with Crippen LogP contribution in [0.5, 0.6) is 5.75 Å². The van der Waals surface area contributed by atoms with Crippen LogP contribution < -0.4 is 4.74 Å². The van der Waals surface area contributed by atoms with Gasteiger partial charge in [0.05, 0.1) is 6.61 Å². The van der Waals surface area contributed by atoms with Gasteiger partial charge in [0, 0.05) is 55.5 Å². The van der Waals surface area contributed by atoms with E-state index in [2.05, 4.69) is 21.7 Å². The molecule has 1 aromatic carbocycles. The lowest BCUT2D eigenvalue weighted by Crippen LogP contribution is -2.49. The molecule has 2 aliphatic rings. The lowest BCUT2D eigenvalue weighted by Gasteiger charge is -2.37. The van der Waals surface area contributed by atoms with Gasteiger partial charge in [-0.3, -0.25) is 9.88 Å². The SMILES string of the molecule is C[C@H]1CN([C@@H](C)CO)S(=O)(=O)c2ccc(C#CC3CCCCC3)cc2O[C@@H]1CN(C)Cc1cccnc1. The lowest BCUT2D eigenvalue weighted by atomic mass is 9.90. The van der Waals surface area contributed by atoms with E-state index in [0.29, 0.717) is 24.8 Å². The highest BCUT2D eigenvalue weighted by molar-refractivity contribution is 7.89. The second-order valence-electron chi connectivity index (χ2n) is 10.6. The van der Waals surface area contributed by atoms with Gasteiger partial charge in [-0.2, -0.15) is 4.31 Å². The number of aromatic nitrogens is 1. The number of aliphatic hydroxyl groups excluding tert-OH is 1. The van der Waals surface area contributed by atoms with Crippen molar-refractivity contribution in [3.05, 3.63) is 53.9 Å². The summed E-state index contributed by atoms with van der Waals surface area (Å²) in [5.41, 5.74) is 1.86. The fourth-order valence-electron chi connectivity index (χ4n) is 5.13. The molecule has 0 spiro atoms. The Kier molecular flexibility index (Phi) is 9.25. The Morgan fingerprint density at radius 2 is 2.03 bits per heavy atom. The molecule has 1 saturated carbocycles. The Morgan fingerprint density at radius 3 is 2.73 bits per heavy atom. The Balaban J connectivity index is 1.65. The number of nitrogens with zero attached hydrogens (tertiary/aromatic N) is 3. The summed E-state index contributed by atoms with van der Waals surface area (Å²) in [5, 5.41) is 9.86. The summed E-state index contributed by atoms with van der Waals surface area (Å²) in [6, 6.07) is 8.57. The number of likely N-dealkylation sites (N-methyl/N-ethyl adjacent to an activating group) is 1. The predicted octanol–water partition coefficient (Wildman–Crippen LogP) is 3.91. The molecule has 7 nitrogen and oxygen atoms in total. The van der Waals surface area contributed by atoms with Crippen LogP contribution in [0.15, 0.2) is 47.6 Å². The van der Waals surface area contributed by atoms with E-state index in [-0.39, 0.29) is 30.1 Å². The van der Waals surface area contributed by atoms with E-state index in [9.17, 15) is 13.5 Å². The Labute approximate surface area is 221 Å². The minimum Gasteiger partial charge on any atom is -0.487 e. The topological polar surface area (TPSA) is 83.0 Å². The van der Waals surface area contributed by atoms with Gasteiger partial charge in [-0.15, -0.1) is 0 Å². The standard InChI is InChI=1S/C29H39N3O4S/c1-22-18-32(23(2)21-33)37(34,35)29-14-13-25(12-11-24-8-5-4-6-9-24)16-27(29)36-28(22)20-31(3)19-26-10-7-15-30-17-26/h7,10,13-17,22-24,28,33H,4-6,8-9,18-21H2,1-3H3/t22-,23-,28+/m0/s1. The molecule has 0 amide bonds. The molecule has 0 radical (unpaired) electrons. The number of rotatable bonds is 6. The molecule has 3 atom stereocenters. The van der Waals surface area contributed by atoms with Crippen LogP contribution in [-0.4, -0.2) is 66.6 Å². The maximum absolute atomic E-state index is 13.7. The van der Waals surface area contributed by atoms with Gasteiger partial charge in [-0.25, -0.2) is 8.42 Å². The molecule has 0 saturated heterocycles. The maximum atomic E-state index is 13.7. The Hall–Kier alpha value is -2.44. The number of hydrogen-bond donors (Lipinski definition) is 1. The molecule has 0 unspecified atom stereocenters. The summed E-state index contributed by atoms with van der Waals surface area (Å²) in [4.78, 5) is 6.50. The number of pyridine rings is 1. The van der Waals surface area contributed by atoms with Crippen molar-refractivity contribution in [2.75, 3.05) is 26.7 Å². The highest BCUT2D eigenvalue weighted by atomic mass is 32.2. The Bertz CT molecular complexity index is 1200. The van der Waals surface area contributed by atoms with Gasteiger partial charge >= 0.3 is 0 Å². The van der Waals surface area contributed by atoms with E-state index in [1.54, 1.807) is 31.3 Å². The van der Waals surface area contributed by atoms with Crippen molar-refractivity contribution in [1.29, 1.82) is 0 Å². The fraction of sp³-hybridized carbons (Fsp3) is 0.552. The zero-order valence-corrected chi connectivity index (χ0v) is 23.0. The second kappa shape index (κ2) is 12.4. The minimum atomic E-state index is -3.86. The number of fused-ring (bicyclic) bond motifs is 1. The van der Waals surface area contributed by atoms with Crippen LogP contribution in [0.2, 0.25) is 0 Å². The van der Waals surface area contributed by atoms with Crippen molar-refractivity contribution in [3.63, 3.8) is 0 Å². The normalized spacial score (nSPS) is 23.2. The van der Waals surface area contributed by atoms with E-state index in [0.717, 1.165) is 24.0 Å². The molecule has 200 valence electrons. The monoisotopic (exact) mass is 525 g/mol. The molecule has 1 N–H and O–H groups in total. The molecular weight excluding hydrogens is 486 g/mol. The molecule has 4 rings (SSSR count). The average Bonchev–Trinajstić information content (AvgIpc) is 2.90. The van der Waals surface area contributed by atoms with Gasteiger partial charge in [0.15, 0.2) is 0 Å². The molecule has 2 aromatic rings. The summed E-state index contributed by atoms with van der Waals surface area (Å²) in [7, 11) is -1.83. The summed E-state index contributed by atoms with van der Waals surface area (Å²) < 4.78 is 35.3. The van der Waals surface area contributed by atoms with Gasteiger partial charge in [-0.05, 0) is 56.6 Å². The number of benzene rings is 1. The van der Waals surface area contributed by atoms with Crippen LogP contribution in [0.3, 0.4) is 0 Å². The van der Waals surface area contributed by atoms with Crippen LogP contribution in [-0.2, 0) is 16.6 Å². The van der Waals surface area contributed by atoms with E-state index in [1.165, 1.54) is 23.6 Å². The van der Waals surface area contributed by atoms with Crippen LogP contribution in [0, 0.1) is 23.7 Å². The van der Waals surface area contributed by atoms with Gasteiger partial charge < -0.3 is 9.84 Å². The number of hydrogen-bond acceptors (Lipinski definition) is 6. The highest BCUT2D eigenvalue weighted by Gasteiger charge is 2.38. The average molecular weight is 526 g/mol. The Morgan fingerprint density at radius 1 is 1.24 bits per heavy atom. The molecule has 2 heterocycles. The predicted molar refractivity (Wildman–Crippen MR) is 144 cm³/mol. The summed E-state index contributed by atoms with van der Waals surface area (Å²) in [6.45, 7) is 5.06. The lowest BCUT2D eigenvalue weighted by molar-refractivity contribution is 0.0733. The number of aliphatic hydroxyl groups is 1. The molecule has 1 aliphatic carbocycles. The smallest absolute Gasteiger partial charge is 0.247 e. The molecular formula is C29H39N3O4S. The molecule has 8 heteroatoms. The van der Waals surface area contributed by atoms with Crippen molar-refractivity contribution in [2.24, 2.45) is 11.8 Å². The molecule has 37 heavy (non-hydrogen) atoms. The first-order valence-corrected chi connectivity index (χ1v) is 14.7. The summed E-state index contributed by atoms with van der Waals surface area (Å²) in [6.07, 6.45) is 9.31. The van der Waals surface area contributed by atoms with Crippen LogP contribution in [0.4, 0.5) is 0 Å². The van der Waals surface area contributed by atoms with Crippen molar-refractivity contribution in [2.45, 2.75) is 69.5 Å². The van der Waals surface area contributed by atoms with Crippen molar-refractivity contribution in [3.8, 4) is 17.6 Å². The van der Waals surface area contributed by atoms with E-state index in [4.69, 9.17) is 4.74 Å². The van der Waals surface area contributed by atoms with E-state index < -0.39 is 16.1 Å². The van der Waals surface area contributed by atoms with Crippen LogP contribution >= 0.6 is 0 Å². The van der Waals surface area contributed by atoms with Crippen LogP contribution in [0.1, 0.15) is 57.1 Å². The van der Waals surface area contributed by atoms with Crippen molar-refractivity contribution in [1.82, 2.24) is 14.2 Å². The molecule has 1 fully saturated rings. The van der Waals surface area contributed by atoms with Gasteiger partial charge in [0.2, 0.25) is 10.0 Å². The van der Waals surface area contributed by atoms with Crippen molar-refractivity contribution < 1.29 is 18.3 Å². The first-order valence-electron chi connectivity index (χ1n) is 13.3. The maximum Gasteiger partial charge on any atom is 0.247 e. The summed E-state index contributed by atoms with van der Waals surface area (Å²) in [5.74, 6) is 7.30. The van der Waals surface area contributed by atoms with Gasteiger partial charge in [0.25, 0.3) is 0 Å². The highest BCUT2D eigenvalue weighted by Crippen LogP contribution is 2.34. The second-order valence-corrected chi connectivity index (χ2v) is 12.4. The fourth-order valence-corrected chi connectivity index (χ4v) is 6.95. The van der Waals surface area contributed by atoms with Gasteiger partial charge in [-0.1, -0.05) is 44.1 Å². The minimum absolute atomic E-state index is 0.106. The van der Waals surface area contributed by atoms with Crippen LogP contribution in [0.25, 0.3) is 0 Å². The van der Waals surface area contributed by atoms with E-state index >= 15 is 0 Å².